The van der Waals surface area contributed by atoms with Crippen molar-refractivity contribution >= 4 is 35.2 Å². The van der Waals surface area contributed by atoms with Crippen molar-refractivity contribution in [2.75, 3.05) is 6.54 Å². The van der Waals surface area contributed by atoms with E-state index < -0.39 is 5.41 Å². The summed E-state index contributed by atoms with van der Waals surface area (Å²) in [6.07, 6.45) is 4.12. The van der Waals surface area contributed by atoms with E-state index in [1.165, 1.54) is 27.5 Å². The number of amides is 1. The molecule has 1 amide bonds. The maximum atomic E-state index is 13.1. The van der Waals surface area contributed by atoms with E-state index in [9.17, 15) is 14.4 Å². The number of benzene rings is 1. The molecule has 1 aromatic carbocycles. The van der Waals surface area contributed by atoms with Gasteiger partial charge in [0.25, 0.3) is 5.56 Å². The summed E-state index contributed by atoms with van der Waals surface area (Å²) in [7, 11) is 0. The van der Waals surface area contributed by atoms with Gasteiger partial charge in [0.1, 0.15) is 11.2 Å². The summed E-state index contributed by atoms with van der Waals surface area (Å²) < 4.78 is 2.39. The van der Waals surface area contributed by atoms with Crippen molar-refractivity contribution in [3.05, 3.63) is 54.9 Å². The standard InChI is InChI=1S/C25H34N2O3S/c1-8-13-26-21(29)16-27-22(15-20(28)25(5,6)7)31-19(23(27)30)14-17-9-11-18(12-10-17)24(2,3)4/h9-12,14-15H,8,13,16H2,1-7H3,(H,26,29)/b19-14-,22-15+. The molecule has 0 saturated heterocycles. The first kappa shape index (κ1) is 24.8. The number of aromatic nitrogens is 1. The minimum atomic E-state index is -0.567. The van der Waals surface area contributed by atoms with Crippen molar-refractivity contribution < 1.29 is 9.59 Å². The molecule has 1 heterocycles. The van der Waals surface area contributed by atoms with Crippen LogP contribution in [0.15, 0.2) is 29.1 Å². The number of nitrogens with one attached hydrogen (secondary N) is 1. The van der Waals surface area contributed by atoms with Crippen LogP contribution in [0.4, 0.5) is 0 Å². The predicted octanol–water partition coefficient (Wildman–Crippen LogP) is 2.96. The van der Waals surface area contributed by atoms with Crippen LogP contribution in [0.25, 0.3) is 12.2 Å². The second-order valence-electron chi connectivity index (χ2n) is 9.82. The summed E-state index contributed by atoms with van der Waals surface area (Å²) in [4.78, 5) is 38.0. The van der Waals surface area contributed by atoms with Crippen molar-refractivity contribution in [3.63, 3.8) is 0 Å². The van der Waals surface area contributed by atoms with Crippen LogP contribution < -0.4 is 20.1 Å². The van der Waals surface area contributed by atoms with Gasteiger partial charge >= 0.3 is 0 Å². The molecule has 31 heavy (non-hydrogen) atoms. The number of carbonyl (C=O) groups excluding carboxylic acids is 2. The molecule has 0 aliphatic rings. The Labute approximate surface area is 188 Å². The first-order chi connectivity index (χ1) is 14.3. The maximum Gasteiger partial charge on any atom is 0.269 e. The van der Waals surface area contributed by atoms with Crippen LogP contribution in [0, 0.1) is 5.41 Å². The lowest BCUT2D eigenvalue weighted by atomic mass is 9.87. The molecule has 0 radical (unpaired) electrons. The van der Waals surface area contributed by atoms with E-state index in [0.717, 1.165) is 12.0 Å². The van der Waals surface area contributed by atoms with Crippen LogP contribution in [-0.2, 0) is 21.5 Å². The summed E-state index contributed by atoms with van der Waals surface area (Å²) in [5, 5.41) is 2.80. The van der Waals surface area contributed by atoms with Crippen molar-refractivity contribution in [1.29, 1.82) is 0 Å². The molecule has 1 aromatic heterocycles. The van der Waals surface area contributed by atoms with Gasteiger partial charge in [-0.15, -0.1) is 11.3 Å². The van der Waals surface area contributed by atoms with Gasteiger partial charge in [0.15, 0.2) is 5.78 Å². The first-order valence-corrected chi connectivity index (χ1v) is 11.5. The van der Waals surface area contributed by atoms with Crippen molar-refractivity contribution in [2.24, 2.45) is 5.41 Å². The molecule has 5 nitrogen and oxygen atoms in total. The van der Waals surface area contributed by atoms with Crippen LogP contribution in [0.3, 0.4) is 0 Å². The fraction of sp³-hybridized carbons (Fsp3) is 0.480. The van der Waals surface area contributed by atoms with E-state index in [4.69, 9.17) is 0 Å². The van der Waals surface area contributed by atoms with E-state index in [0.29, 0.717) is 15.7 Å². The van der Waals surface area contributed by atoms with Crippen LogP contribution in [0.2, 0.25) is 0 Å². The average Bonchev–Trinajstić information content (AvgIpc) is 2.94. The third-order valence-corrected chi connectivity index (χ3v) is 5.94. The van der Waals surface area contributed by atoms with Crippen LogP contribution in [0.5, 0.6) is 0 Å². The Kier molecular flexibility index (Phi) is 7.82. The summed E-state index contributed by atoms with van der Waals surface area (Å²) in [6.45, 7) is 14.4. The zero-order chi connectivity index (χ0) is 23.4. The molecule has 2 rings (SSSR count). The first-order valence-electron chi connectivity index (χ1n) is 10.7. The van der Waals surface area contributed by atoms with Gasteiger partial charge in [-0.3, -0.25) is 19.0 Å². The highest BCUT2D eigenvalue weighted by Gasteiger charge is 2.20. The normalized spacial score (nSPS) is 13.5. The molecule has 0 aliphatic carbocycles. The molecule has 2 aromatic rings. The number of rotatable bonds is 6. The summed E-state index contributed by atoms with van der Waals surface area (Å²) in [6, 6.07) is 8.10. The highest BCUT2D eigenvalue weighted by Crippen LogP contribution is 2.22. The second-order valence-corrected chi connectivity index (χ2v) is 10.9. The monoisotopic (exact) mass is 442 g/mol. The van der Waals surface area contributed by atoms with Gasteiger partial charge in [0.05, 0.1) is 4.53 Å². The highest BCUT2D eigenvalue weighted by atomic mass is 32.1. The SMILES string of the molecule is CCCNC(=O)Cn1c(=O)/c(=C/c2ccc(C(C)(C)C)cc2)s/c1=C/C(=O)C(C)(C)C. The fourth-order valence-electron chi connectivity index (χ4n) is 2.82. The molecular weight excluding hydrogens is 408 g/mol. The lowest BCUT2D eigenvalue weighted by Crippen LogP contribution is -2.38. The molecule has 0 spiro atoms. The van der Waals surface area contributed by atoms with E-state index in [1.54, 1.807) is 0 Å². The van der Waals surface area contributed by atoms with Crippen LogP contribution in [-0.4, -0.2) is 22.8 Å². The third kappa shape index (κ3) is 6.76. The van der Waals surface area contributed by atoms with Gasteiger partial charge in [0.2, 0.25) is 5.91 Å². The molecule has 0 saturated carbocycles. The van der Waals surface area contributed by atoms with Crippen molar-refractivity contribution in [1.82, 2.24) is 9.88 Å². The van der Waals surface area contributed by atoms with E-state index >= 15 is 0 Å². The average molecular weight is 443 g/mol. The number of carbonyl (C=O) groups is 2. The zero-order valence-electron chi connectivity index (χ0n) is 19.7. The van der Waals surface area contributed by atoms with Crippen molar-refractivity contribution in [3.8, 4) is 0 Å². The molecular formula is C25H34N2O3S. The van der Waals surface area contributed by atoms with E-state index in [-0.39, 0.29) is 29.2 Å². The number of hydrogen-bond acceptors (Lipinski definition) is 4. The molecule has 0 atom stereocenters. The Morgan fingerprint density at radius 2 is 1.68 bits per heavy atom. The Morgan fingerprint density at radius 1 is 1.06 bits per heavy atom. The van der Waals surface area contributed by atoms with Gasteiger partial charge in [-0.05, 0) is 29.0 Å². The van der Waals surface area contributed by atoms with E-state index in [1.807, 2.05) is 45.9 Å². The minimum Gasteiger partial charge on any atom is -0.355 e. The topological polar surface area (TPSA) is 68.2 Å². The third-order valence-electron chi connectivity index (χ3n) is 4.88. The molecule has 0 unspecified atom stereocenters. The quantitative estimate of drug-likeness (QED) is 0.748. The predicted molar refractivity (Wildman–Crippen MR) is 129 cm³/mol. The number of thiazole rings is 1. The minimum absolute atomic E-state index is 0.0511. The Bertz CT molecular complexity index is 1110. The zero-order valence-corrected chi connectivity index (χ0v) is 20.5. The van der Waals surface area contributed by atoms with Crippen LogP contribution in [0.1, 0.15) is 66.0 Å². The van der Waals surface area contributed by atoms with Gasteiger partial charge in [-0.25, -0.2) is 0 Å². The number of nitrogens with zero attached hydrogens (tertiary/aromatic N) is 1. The maximum absolute atomic E-state index is 13.1. The molecule has 6 heteroatoms. The van der Waals surface area contributed by atoms with Gasteiger partial charge in [0, 0.05) is 18.0 Å². The van der Waals surface area contributed by atoms with E-state index in [2.05, 4.69) is 38.2 Å². The second kappa shape index (κ2) is 9.77. The van der Waals surface area contributed by atoms with Crippen molar-refractivity contribution in [2.45, 2.75) is 66.8 Å². The lowest BCUT2D eigenvalue weighted by Gasteiger charge is -2.18. The molecule has 1 N–H and O–H groups in total. The van der Waals surface area contributed by atoms with Crippen LogP contribution >= 0.6 is 11.3 Å². The van der Waals surface area contributed by atoms with Gasteiger partial charge < -0.3 is 5.32 Å². The smallest absolute Gasteiger partial charge is 0.269 e. The summed E-state index contributed by atoms with van der Waals surface area (Å²) in [5.41, 5.74) is 1.34. The summed E-state index contributed by atoms with van der Waals surface area (Å²) in [5.74, 6) is -0.321. The largest absolute Gasteiger partial charge is 0.355 e. The molecule has 0 bridgehead atoms. The molecule has 0 aliphatic heterocycles. The molecule has 0 fully saturated rings. The lowest BCUT2D eigenvalue weighted by molar-refractivity contribution is -0.122. The Morgan fingerprint density at radius 3 is 2.19 bits per heavy atom. The Balaban J connectivity index is 2.56. The molecule has 168 valence electrons. The highest BCUT2D eigenvalue weighted by molar-refractivity contribution is 7.07. The number of Topliss-reactive ketones (excluding diaryl/α,β-unsaturated/α-hetero) is 1. The number of hydrogen-bond donors (Lipinski definition) is 1. The fourth-order valence-corrected chi connectivity index (χ4v) is 3.86. The van der Waals surface area contributed by atoms with Gasteiger partial charge in [-0.2, -0.15) is 0 Å². The Hall–Kier alpha value is -2.47. The van der Waals surface area contributed by atoms with Gasteiger partial charge in [-0.1, -0.05) is 72.7 Å². The summed E-state index contributed by atoms with van der Waals surface area (Å²) >= 11 is 1.24. The number of ketones is 1.